The van der Waals surface area contributed by atoms with Crippen molar-refractivity contribution in [3.05, 3.63) is 0 Å². The number of esters is 2. The second-order valence-corrected chi connectivity index (χ2v) is 11.9. The third kappa shape index (κ3) is 25.8. The Labute approximate surface area is 249 Å². The average molecular weight is 569 g/mol. The van der Waals surface area contributed by atoms with Crippen LogP contribution in [0.2, 0.25) is 0 Å². The molecule has 0 amide bonds. The Balaban J connectivity index is 4.26. The molecule has 0 saturated heterocycles. The lowest BCUT2D eigenvalue weighted by Gasteiger charge is -2.25. The third-order valence-electron chi connectivity index (χ3n) is 8.19. The molecule has 1 unspecified atom stereocenters. The van der Waals surface area contributed by atoms with Gasteiger partial charge in [-0.3, -0.25) is 9.59 Å². The fraction of sp³-hybridized carbons (Fsp3) is 0.941. The Morgan fingerprint density at radius 3 is 1.65 bits per heavy atom. The molecule has 0 spiro atoms. The predicted octanol–water partition coefficient (Wildman–Crippen LogP) is 8.41. The molecule has 0 aliphatic rings. The molecule has 0 rings (SSSR count). The van der Waals surface area contributed by atoms with Gasteiger partial charge in [-0.1, -0.05) is 97.8 Å². The lowest BCUT2D eigenvalue weighted by atomic mass is 9.95. The van der Waals surface area contributed by atoms with Crippen molar-refractivity contribution in [2.75, 3.05) is 53.5 Å². The van der Waals surface area contributed by atoms with Gasteiger partial charge in [0.2, 0.25) is 0 Å². The monoisotopic (exact) mass is 569 g/mol. The van der Waals surface area contributed by atoms with Gasteiger partial charge >= 0.3 is 11.9 Å². The van der Waals surface area contributed by atoms with E-state index in [2.05, 4.69) is 37.6 Å². The van der Waals surface area contributed by atoms with Crippen molar-refractivity contribution in [1.29, 1.82) is 0 Å². The number of rotatable bonds is 30. The van der Waals surface area contributed by atoms with E-state index in [1.807, 2.05) is 0 Å². The molecule has 0 aliphatic heterocycles. The van der Waals surface area contributed by atoms with Crippen molar-refractivity contribution >= 4 is 11.9 Å². The Morgan fingerprint density at radius 2 is 1.10 bits per heavy atom. The molecule has 0 aromatic rings. The third-order valence-corrected chi connectivity index (χ3v) is 8.19. The van der Waals surface area contributed by atoms with E-state index < -0.39 is 0 Å². The Morgan fingerprint density at radius 1 is 0.600 bits per heavy atom. The molecule has 0 aliphatic carbocycles. The summed E-state index contributed by atoms with van der Waals surface area (Å²) in [5.41, 5.74) is 0. The number of hydrogen-bond acceptors (Lipinski definition) is 6. The fourth-order valence-electron chi connectivity index (χ4n) is 5.14. The molecule has 0 aromatic heterocycles. The SMILES string of the molecule is CCCCCCCCC(CCCCCC)COC(=O)CCCCCN(CCCCCC(=O)OC)CCN(C)CC. The lowest BCUT2D eigenvalue weighted by Crippen LogP contribution is -2.34. The Bertz CT molecular complexity index is 572. The summed E-state index contributed by atoms with van der Waals surface area (Å²) in [4.78, 5) is 28.7. The van der Waals surface area contributed by atoms with Crippen LogP contribution in [0.1, 0.15) is 149 Å². The predicted molar refractivity (Wildman–Crippen MR) is 170 cm³/mol. The standard InChI is InChI=1S/C34H68N2O4/c1-6-9-11-13-14-18-24-32(23-17-12-10-7-2)31-40-34(38)26-20-16-22-28-36(30-29-35(4)8-3)27-21-15-19-25-33(37)39-5/h32H,6-31H2,1-5H3. The number of likely N-dealkylation sites (N-methyl/N-ethyl adjacent to an activating group) is 1. The minimum absolute atomic E-state index is 0.00598. The summed E-state index contributed by atoms with van der Waals surface area (Å²) in [5.74, 6) is 0.420. The summed E-state index contributed by atoms with van der Waals surface area (Å²) in [5, 5.41) is 0. The minimum atomic E-state index is -0.111. The minimum Gasteiger partial charge on any atom is -0.469 e. The van der Waals surface area contributed by atoms with Crippen LogP contribution in [-0.2, 0) is 19.1 Å². The molecule has 0 N–H and O–H groups in total. The molecule has 6 nitrogen and oxygen atoms in total. The first kappa shape index (κ1) is 38.9. The van der Waals surface area contributed by atoms with Gasteiger partial charge in [-0.2, -0.15) is 0 Å². The van der Waals surface area contributed by atoms with Crippen LogP contribution in [0.3, 0.4) is 0 Å². The van der Waals surface area contributed by atoms with Crippen LogP contribution < -0.4 is 0 Å². The summed E-state index contributed by atoms with van der Waals surface area (Å²) < 4.78 is 10.5. The van der Waals surface area contributed by atoms with Crippen molar-refractivity contribution in [1.82, 2.24) is 9.80 Å². The van der Waals surface area contributed by atoms with E-state index in [0.717, 1.165) is 71.2 Å². The number of hydrogen-bond donors (Lipinski definition) is 0. The van der Waals surface area contributed by atoms with Gasteiger partial charge < -0.3 is 19.3 Å². The average Bonchev–Trinajstić information content (AvgIpc) is 2.96. The van der Waals surface area contributed by atoms with Gasteiger partial charge in [0.05, 0.1) is 13.7 Å². The number of nitrogens with zero attached hydrogens (tertiary/aromatic N) is 2. The van der Waals surface area contributed by atoms with Crippen LogP contribution in [-0.4, -0.2) is 75.2 Å². The van der Waals surface area contributed by atoms with Crippen LogP contribution >= 0.6 is 0 Å². The number of unbranched alkanes of at least 4 members (excludes halogenated alkanes) is 12. The number of methoxy groups -OCH3 is 1. The van der Waals surface area contributed by atoms with Crippen molar-refractivity contribution in [2.45, 2.75) is 149 Å². The molecule has 0 aromatic carbocycles. The van der Waals surface area contributed by atoms with E-state index in [4.69, 9.17) is 9.47 Å². The zero-order valence-corrected chi connectivity index (χ0v) is 27.5. The molecular formula is C34H68N2O4. The highest BCUT2D eigenvalue weighted by atomic mass is 16.5. The number of ether oxygens (including phenoxy) is 2. The first-order valence-corrected chi connectivity index (χ1v) is 17.1. The molecule has 0 fully saturated rings. The Kier molecular flexibility index (Phi) is 28.5. The van der Waals surface area contributed by atoms with Crippen molar-refractivity contribution in [2.24, 2.45) is 5.92 Å². The number of carbonyl (C=O) groups excluding carboxylic acids is 2. The summed E-state index contributed by atoms with van der Waals surface area (Å²) in [7, 11) is 3.63. The quantitative estimate of drug-likeness (QED) is 0.0640. The van der Waals surface area contributed by atoms with Crippen LogP contribution in [0.25, 0.3) is 0 Å². The Hall–Kier alpha value is -1.14. The van der Waals surface area contributed by atoms with Gasteiger partial charge in [0.1, 0.15) is 0 Å². The normalized spacial score (nSPS) is 12.3. The molecule has 238 valence electrons. The molecule has 40 heavy (non-hydrogen) atoms. The van der Waals surface area contributed by atoms with Crippen molar-refractivity contribution in [3.8, 4) is 0 Å². The summed E-state index contributed by atoms with van der Waals surface area (Å²) in [6, 6.07) is 0. The van der Waals surface area contributed by atoms with Gasteiger partial charge in [0.15, 0.2) is 0 Å². The highest BCUT2D eigenvalue weighted by molar-refractivity contribution is 5.69. The first-order valence-electron chi connectivity index (χ1n) is 17.1. The summed E-state index contributed by atoms with van der Waals surface area (Å²) in [6.07, 6.45) is 22.7. The van der Waals surface area contributed by atoms with Gasteiger partial charge in [-0.15, -0.1) is 0 Å². The zero-order chi connectivity index (χ0) is 29.7. The lowest BCUT2D eigenvalue weighted by molar-refractivity contribution is -0.145. The van der Waals surface area contributed by atoms with E-state index in [1.165, 1.54) is 84.2 Å². The molecule has 0 heterocycles. The molecule has 0 saturated carbocycles. The second-order valence-electron chi connectivity index (χ2n) is 11.9. The smallest absolute Gasteiger partial charge is 0.305 e. The van der Waals surface area contributed by atoms with E-state index in [1.54, 1.807) is 0 Å². The van der Waals surface area contributed by atoms with Crippen LogP contribution in [0, 0.1) is 5.92 Å². The summed E-state index contributed by atoms with van der Waals surface area (Å²) in [6.45, 7) is 12.7. The maximum Gasteiger partial charge on any atom is 0.305 e. The maximum absolute atomic E-state index is 12.5. The van der Waals surface area contributed by atoms with Gasteiger partial charge in [0, 0.05) is 25.9 Å². The summed E-state index contributed by atoms with van der Waals surface area (Å²) >= 11 is 0. The highest BCUT2D eigenvalue weighted by Gasteiger charge is 2.13. The second kappa shape index (κ2) is 29.4. The van der Waals surface area contributed by atoms with Crippen molar-refractivity contribution < 1.29 is 19.1 Å². The number of carbonyl (C=O) groups is 2. The highest BCUT2D eigenvalue weighted by Crippen LogP contribution is 2.20. The van der Waals surface area contributed by atoms with E-state index in [-0.39, 0.29) is 11.9 Å². The largest absolute Gasteiger partial charge is 0.469 e. The molecular weight excluding hydrogens is 500 g/mol. The fourth-order valence-corrected chi connectivity index (χ4v) is 5.14. The van der Waals surface area contributed by atoms with E-state index >= 15 is 0 Å². The molecule has 0 radical (unpaired) electrons. The molecule has 0 bridgehead atoms. The maximum atomic E-state index is 12.5. The topological polar surface area (TPSA) is 59.1 Å². The van der Waals surface area contributed by atoms with E-state index in [9.17, 15) is 9.59 Å². The first-order chi connectivity index (χ1) is 19.5. The van der Waals surface area contributed by atoms with Crippen LogP contribution in [0.15, 0.2) is 0 Å². The molecule has 1 atom stereocenters. The van der Waals surface area contributed by atoms with Crippen molar-refractivity contribution in [3.63, 3.8) is 0 Å². The van der Waals surface area contributed by atoms with Crippen LogP contribution in [0.4, 0.5) is 0 Å². The van der Waals surface area contributed by atoms with Gasteiger partial charge in [-0.25, -0.2) is 0 Å². The van der Waals surface area contributed by atoms with Gasteiger partial charge in [-0.05, 0) is 71.1 Å². The molecule has 6 heteroatoms. The van der Waals surface area contributed by atoms with E-state index in [0.29, 0.717) is 25.4 Å². The van der Waals surface area contributed by atoms with Crippen LogP contribution in [0.5, 0.6) is 0 Å². The van der Waals surface area contributed by atoms with Gasteiger partial charge in [0.25, 0.3) is 0 Å². The zero-order valence-electron chi connectivity index (χ0n) is 27.5.